The molecule has 0 unspecified atom stereocenters. The van der Waals surface area contributed by atoms with Gasteiger partial charge in [-0.3, -0.25) is 0 Å². The summed E-state index contributed by atoms with van der Waals surface area (Å²) in [7, 11) is 0. The Bertz CT molecular complexity index is 337. The van der Waals surface area contributed by atoms with Crippen molar-refractivity contribution >= 4 is 0 Å². The van der Waals surface area contributed by atoms with E-state index in [2.05, 4.69) is 62.8 Å². The third-order valence-corrected chi connectivity index (χ3v) is 2.65. The number of ether oxygens (including phenoxy) is 1. The predicted octanol–water partition coefficient (Wildman–Crippen LogP) is 3.05. The van der Waals surface area contributed by atoms with Crippen LogP contribution in [0.15, 0.2) is 18.3 Å². The Balaban J connectivity index is 2.35. The zero-order chi connectivity index (χ0) is 13.6. The van der Waals surface area contributed by atoms with Gasteiger partial charge in [-0.1, -0.05) is 13.8 Å². The molecular formula is C15H28N2O. The van der Waals surface area contributed by atoms with E-state index in [9.17, 15) is 0 Å². The molecule has 0 bridgehead atoms. The average molecular weight is 252 g/mol. The van der Waals surface area contributed by atoms with Crippen LogP contribution in [0.5, 0.6) is 0 Å². The van der Waals surface area contributed by atoms with Gasteiger partial charge in [0.25, 0.3) is 0 Å². The first kappa shape index (κ1) is 15.3. The maximum atomic E-state index is 5.76. The van der Waals surface area contributed by atoms with Gasteiger partial charge in [0.1, 0.15) is 0 Å². The first-order chi connectivity index (χ1) is 8.38. The van der Waals surface area contributed by atoms with E-state index in [1.165, 1.54) is 5.69 Å². The van der Waals surface area contributed by atoms with Gasteiger partial charge in [-0.05, 0) is 45.4 Å². The normalized spacial score (nSPS) is 12.3. The number of nitrogens with one attached hydrogen (secondary N) is 1. The standard InChI is InChI=1S/C15H28N2O/c1-13(2)11-16-12-14-7-6-8-17(14)9-10-18-15(3,4)5/h6-8,13,16H,9-12H2,1-5H3. The summed E-state index contributed by atoms with van der Waals surface area (Å²) in [6.45, 7) is 14.4. The molecule has 0 saturated carbocycles. The monoisotopic (exact) mass is 252 g/mol. The highest BCUT2D eigenvalue weighted by atomic mass is 16.5. The molecule has 0 atom stereocenters. The summed E-state index contributed by atoms with van der Waals surface area (Å²) in [5.41, 5.74) is 1.27. The van der Waals surface area contributed by atoms with E-state index < -0.39 is 0 Å². The lowest BCUT2D eigenvalue weighted by molar-refractivity contribution is -0.00703. The van der Waals surface area contributed by atoms with Crippen LogP contribution in [0.3, 0.4) is 0 Å². The van der Waals surface area contributed by atoms with E-state index >= 15 is 0 Å². The molecule has 0 fully saturated rings. The van der Waals surface area contributed by atoms with Crippen molar-refractivity contribution in [3.05, 3.63) is 24.0 Å². The van der Waals surface area contributed by atoms with Gasteiger partial charge in [-0.15, -0.1) is 0 Å². The molecule has 0 amide bonds. The lowest BCUT2D eigenvalue weighted by atomic mass is 10.2. The number of rotatable bonds is 7. The number of hydrogen-bond donors (Lipinski definition) is 1. The van der Waals surface area contributed by atoms with Gasteiger partial charge in [0, 0.05) is 25.0 Å². The van der Waals surface area contributed by atoms with Gasteiger partial charge in [0.15, 0.2) is 0 Å². The minimum atomic E-state index is -0.0524. The molecule has 0 saturated heterocycles. The summed E-state index contributed by atoms with van der Waals surface area (Å²) in [4.78, 5) is 0. The molecule has 104 valence electrons. The molecule has 0 aromatic carbocycles. The zero-order valence-electron chi connectivity index (χ0n) is 12.5. The van der Waals surface area contributed by atoms with Crippen molar-refractivity contribution in [3.8, 4) is 0 Å². The van der Waals surface area contributed by atoms with Crippen LogP contribution < -0.4 is 5.32 Å². The van der Waals surface area contributed by atoms with Crippen LogP contribution in [0, 0.1) is 5.92 Å². The van der Waals surface area contributed by atoms with Crippen LogP contribution in [0.4, 0.5) is 0 Å². The largest absolute Gasteiger partial charge is 0.374 e. The van der Waals surface area contributed by atoms with E-state index in [1.54, 1.807) is 0 Å². The fraction of sp³-hybridized carbons (Fsp3) is 0.733. The Hall–Kier alpha value is -0.800. The molecule has 0 radical (unpaired) electrons. The van der Waals surface area contributed by atoms with E-state index in [1.807, 2.05) is 0 Å². The van der Waals surface area contributed by atoms with Crippen LogP contribution in [0.25, 0.3) is 0 Å². The average Bonchev–Trinajstić information content (AvgIpc) is 2.63. The third-order valence-electron chi connectivity index (χ3n) is 2.65. The maximum absolute atomic E-state index is 5.76. The Morgan fingerprint density at radius 3 is 2.67 bits per heavy atom. The minimum absolute atomic E-state index is 0.0524. The topological polar surface area (TPSA) is 26.2 Å². The second-order valence-electron chi connectivity index (χ2n) is 6.18. The quantitative estimate of drug-likeness (QED) is 0.807. The Labute approximate surface area is 112 Å². The summed E-state index contributed by atoms with van der Waals surface area (Å²) in [5.74, 6) is 0.692. The van der Waals surface area contributed by atoms with Crippen LogP contribution in [0.1, 0.15) is 40.3 Å². The van der Waals surface area contributed by atoms with E-state index in [4.69, 9.17) is 4.74 Å². The lowest BCUT2D eigenvalue weighted by Gasteiger charge is -2.20. The van der Waals surface area contributed by atoms with Gasteiger partial charge >= 0.3 is 0 Å². The summed E-state index contributed by atoms with van der Waals surface area (Å²) < 4.78 is 8.02. The van der Waals surface area contributed by atoms with Crippen molar-refractivity contribution in [3.63, 3.8) is 0 Å². The molecule has 0 aliphatic carbocycles. The van der Waals surface area contributed by atoms with E-state index in [-0.39, 0.29) is 5.60 Å². The molecule has 0 aliphatic rings. The molecule has 1 heterocycles. The van der Waals surface area contributed by atoms with Crippen molar-refractivity contribution in [2.75, 3.05) is 13.2 Å². The maximum Gasteiger partial charge on any atom is 0.0652 e. The molecule has 18 heavy (non-hydrogen) atoms. The van der Waals surface area contributed by atoms with Crippen molar-refractivity contribution in [2.24, 2.45) is 5.92 Å². The molecule has 3 nitrogen and oxygen atoms in total. The van der Waals surface area contributed by atoms with Gasteiger partial charge in [-0.2, -0.15) is 0 Å². The molecule has 1 aromatic heterocycles. The summed E-state index contributed by atoms with van der Waals surface area (Å²) in [5, 5.41) is 3.47. The molecule has 1 N–H and O–H groups in total. The van der Waals surface area contributed by atoms with Crippen molar-refractivity contribution < 1.29 is 4.74 Å². The zero-order valence-corrected chi connectivity index (χ0v) is 12.5. The second-order valence-corrected chi connectivity index (χ2v) is 6.18. The van der Waals surface area contributed by atoms with E-state index in [0.717, 1.165) is 26.2 Å². The van der Waals surface area contributed by atoms with Crippen molar-refractivity contribution in [1.82, 2.24) is 9.88 Å². The summed E-state index contributed by atoms with van der Waals surface area (Å²) in [6.07, 6.45) is 2.12. The molecule has 0 aliphatic heterocycles. The van der Waals surface area contributed by atoms with Crippen LogP contribution in [-0.2, 0) is 17.8 Å². The minimum Gasteiger partial charge on any atom is -0.374 e. The highest BCUT2D eigenvalue weighted by Crippen LogP contribution is 2.08. The van der Waals surface area contributed by atoms with Crippen molar-refractivity contribution in [1.29, 1.82) is 0 Å². The first-order valence-corrected chi connectivity index (χ1v) is 6.87. The smallest absolute Gasteiger partial charge is 0.0652 e. The summed E-state index contributed by atoms with van der Waals surface area (Å²) in [6, 6.07) is 4.27. The van der Waals surface area contributed by atoms with E-state index in [0.29, 0.717) is 5.92 Å². The fourth-order valence-electron chi connectivity index (χ4n) is 1.77. The Morgan fingerprint density at radius 2 is 2.06 bits per heavy atom. The third kappa shape index (κ3) is 6.22. The highest BCUT2D eigenvalue weighted by molar-refractivity contribution is 5.06. The second kappa shape index (κ2) is 6.95. The Kier molecular flexibility index (Phi) is 5.89. The highest BCUT2D eigenvalue weighted by Gasteiger charge is 2.09. The van der Waals surface area contributed by atoms with Gasteiger partial charge < -0.3 is 14.6 Å². The molecule has 3 heteroatoms. The molecular weight excluding hydrogens is 224 g/mol. The predicted molar refractivity (Wildman–Crippen MR) is 76.7 cm³/mol. The van der Waals surface area contributed by atoms with Gasteiger partial charge in [-0.25, -0.2) is 0 Å². The SMILES string of the molecule is CC(C)CNCc1cccn1CCOC(C)(C)C. The number of aromatic nitrogens is 1. The van der Waals surface area contributed by atoms with Crippen LogP contribution >= 0.6 is 0 Å². The van der Waals surface area contributed by atoms with Crippen LogP contribution in [-0.4, -0.2) is 23.3 Å². The molecule has 1 rings (SSSR count). The Morgan fingerprint density at radius 1 is 1.33 bits per heavy atom. The van der Waals surface area contributed by atoms with Crippen molar-refractivity contribution in [2.45, 2.75) is 53.3 Å². The van der Waals surface area contributed by atoms with Crippen LogP contribution in [0.2, 0.25) is 0 Å². The first-order valence-electron chi connectivity index (χ1n) is 6.87. The molecule has 1 aromatic rings. The fourth-order valence-corrected chi connectivity index (χ4v) is 1.77. The lowest BCUT2D eigenvalue weighted by Crippen LogP contribution is -2.24. The van der Waals surface area contributed by atoms with Gasteiger partial charge in [0.05, 0.1) is 12.2 Å². The molecule has 0 spiro atoms. The number of hydrogen-bond acceptors (Lipinski definition) is 2. The number of nitrogens with zero attached hydrogens (tertiary/aromatic N) is 1. The summed E-state index contributed by atoms with van der Waals surface area (Å²) >= 11 is 0. The van der Waals surface area contributed by atoms with Gasteiger partial charge in [0.2, 0.25) is 0 Å².